The number of hydrogen-bond acceptors (Lipinski definition) is 3. The Bertz CT molecular complexity index is 512. The largest absolute Gasteiger partial charge is 0.464 e. The van der Waals surface area contributed by atoms with Gasteiger partial charge in [-0.25, -0.2) is 0 Å². The fourth-order valence-electron chi connectivity index (χ4n) is 2.64. The summed E-state index contributed by atoms with van der Waals surface area (Å²) in [6, 6.07) is 6.22. The summed E-state index contributed by atoms with van der Waals surface area (Å²) in [7, 11) is 0. The lowest BCUT2D eigenvalue weighted by Crippen LogP contribution is -2.17. The Morgan fingerprint density at radius 2 is 2.00 bits per heavy atom. The molecule has 1 saturated heterocycles. The minimum Gasteiger partial charge on any atom is -0.464 e. The van der Waals surface area contributed by atoms with E-state index in [1.807, 2.05) is 12.3 Å². The Hall–Kier alpha value is -1.32. The molecule has 1 fully saturated rings. The molecule has 90 valence electrons. The first kappa shape index (κ1) is 10.8. The zero-order valence-electron chi connectivity index (χ0n) is 9.98. The number of nitrogens with two attached hydrogens (primary N) is 1. The summed E-state index contributed by atoms with van der Waals surface area (Å²) in [4.78, 5) is 2.49. The third-order valence-electron chi connectivity index (χ3n) is 3.57. The van der Waals surface area contributed by atoms with Crippen molar-refractivity contribution in [3.63, 3.8) is 0 Å². The third-order valence-corrected chi connectivity index (χ3v) is 3.57. The van der Waals surface area contributed by atoms with Crippen molar-refractivity contribution in [2.75, 3.05) is 13.1 Å². The highest BCUT2D eigenvalue weighted by Gasteiger charge is 2.15. The van der Waals surface area contributed by atoms with Gasteiger partial charge in [0.25, 0.3) is 0 Å². The number of fused-ring (bicyclic) bond motifs is 1. The minimum atomic E-state index is 0.536. The van der Waals surface area contributed by atoms with E-state index in [1.54, 1.807) is 0 Å². The van der Waals surface area contributed by atoms with Crippen molar-refractivity contribution >= 4 is 11.0 Å². The average molecular weight is 230 g/mol. The van der Waals surface area contributed by atoms with E-state index in [-0.39, 0.29) is 0 Å². The second-order valence-corrected chi connectivity index (χ2v) is 4.74. The zero-order chi connectivity index (χ0) is 11.7. The topological polar surface area (TPSA) is 42.4 Å². The normalized spacial score (nSPS) is 17.0. The second kappa shape index (κ2) is 4.51. The smallest absolute Gasteiger partial charge is 0.138 e. The number of benzene rings is 1. The molecule has 2 N–H and O–H groups in total. The van der Waals surface area contributed by atoms with Crippen LogP contribution in [0.5, 0.6) is 0 Å². The van der Waals surface area contributed by atoms with Gasteiger partial charge in [0.1, 0.15) is 5.58 Å². The predicted molar refractivity (Wildman–Crippen MR) is 68.6 cm³/mol. The minimum absolute atomic E-state index is 0.536. The number of rotatable bonds is 3. The quantitative estimate of drug-likeness (QED) is 0.880. The number of hydrogen-bond donors (Lipinski definition) is 1. The molecule has 0 radical (unpaired) electrons. The van der Waals surface area contributed by atoms with Crippen molar-refractivity contribution in [1.29, 1.82) is 0 Å². The molecule has 1 aliphatic heterocycles. The number of furan rings is 1. The Kier molecular flexibility index (Phi) is 2.87. The van der Waals surface area contributed by atoms with Crippen molar-refractivity contribution in [2.24, 2.45) is 5.73 Å². The molecule has 3 rings (SSSR count). The van der Waals surface area contributed by atoms with Crippen molar-refractivity contribution in [1.82, 2.24) is 4.90 Å². The first-order chi connectivity index (χ1) is 8.38. The monoisotopic (exact) mass is 230 g/mol. The molecule has 0 unspecified atom stereocenters. The molecule has 2 aromatic rings. The fourth-order valence-corrected chi connectivity index (χ4v) is 2.64. The highest BCUT2D eigenvalue weighted by atomic mass is 16.3. The van der Waals surface area contributed by atoms with Gasteiger partial charge in [0.2, 0.25) is 0 Å². The Labute approximate surface area is 101 Å². The highest BCUT2D eigenvalue weighted by molar-refractivity contribution is 5.83. The molecule has 2 heterocycles. The Morgan fingerprint density at radius 3 is 2.76 bits per heavy atom. The van der Waals surface area contributed by atoms with Crippen LogP contribution in [0.3, 0.4) is 0 Å². The first-order valence-electron chi connectivity index (χ1n) is 6.29. The van der Waals surface area contributed by atoms with Gasteiger partial charge in [-0.15, -0.1) is 0 Å². The van der Waals surface area contributed by atoms with E-state index in [4.69, 9.17) is 10.2 Å². The fraction of sp³-hybridized carbons (Fsp3) is 0.429. The molecule has 0 bridgehead atoms. The second-order valence-electron chi connectivity index (χ2n) is 4.74. The lowest BCUT2D eigenvalue weighted by atomic mass is 10.1. The van der Waals surface area contributed by atoms with Gasteiger partial charge in [0.15, 0.2) is 0 Å². The lowest BCUT2D eigenvalue weighted by Gasteiger charge is -2.12. The van der Waals surface area contributed by atoms with Gasteiger partial charge in [-0.1, -0.05) is 18.2 Å². The lowest BCUT2D eigenvalue weighted by molar-refractivity contribution is 0.331. The van der Waals surface area contributed by atoms with Crippen LogP contribution >= 0.6 is 0 Å². The van der Waals surface area contributed by atoms with Crippen LogP contribution in [0, 0.1) is 0 Å². The third kappa shape index (κ3) is 1.96. The van der Waals surface area contributed by atoms with E-state index >= 15 is 0 Å². The van der Waals surface area contributed by atoms with E-state index in [0.717, 1.165) is 17.7 Å². The van der Waals surface area contributed by atoms with E-state index in [2.05, 4.69) is 17.0 Å². The van der Waals surface area contributed by atoms with Crippen molar-refractivity contribution in [3.8, 4) is 0 Å². The van der Waals surface area contributed by atoms with Gasteiger partial charge in [-0.05, 0) is 25.9 Å². The van der Waals surface area contributed by atoms with Crippen molar-refractivity contribution < 1.29 is 4.42 Å². The molecule has 0 atom stereocenters. The molecular weight excluding hydrogens is 212 g/mol. The number of para-hydroxylation sites is 1. The van der Waals surface area contributed by atoms with E-state index in [0.29, 0.717) is 6.54 Å². The molecule has 0 spiro atoms. The molecule has 0 amide bonds. The SMILES string of the molecule is NCc1cccc2c(CN3CCCC3)coc12. The van der Waals surface area contributed by atoms with E-state index in [9.17, 15) is 0 Å². The van der Waals surface area contributed by atoms with Crippen LogP contribution in [0.25, 0.3) is 11.0 Å². The predicted octanol–water partition coefficient (Wildman–Crippen LogP) is 2.49. The van der Waals surface area contributed by atoms with E-state index < -0.39 is 0 Å². The van der Waals surface area contributed by atoms with Crippen LogP contribution in [0.1, 0.15) is 24.0 Å². The van der Waals surface area contributed by atoms with Crippen LogP contribution in [0.2, 0.25) is 0 Å². The standard InChI is InChI=1S/C14H18N2O/c15-8-11-4-3-5-13-12(10-17-14(11)13)9-16-6-1-2-7-16/h3-5,10H,1-2,6-9,15H2. The molecule has 0 saturated carbocycles. The maximum absolute atomic E-state index is 5.72. The van der Waals surface area contributed by atoms with Crippen LogP contribution < -0.4 is 5.73 Å². The summed E-state index contributed by atoms with van der Waals surface area (Å²) in [5, 5.41) is 1.22. The molecular formula is C14H18N2O. The number of likely N-dealkylation sites (tertiary alicyclic amines) is 1. The van der Waals surface area contributed by atoms with Gasteiger partial charge in [-0.3, -0.25) is 4.90 Å². The average Bonchev–Trinajstić information content (AvgIpc) is 2.99. The summed E-state index contributed by atoms with van der Waals surface area (Å²) in [6.07, 6.45) is 4.54. The molecule has 1 aliphatic rings. The maximum atomic E-state index is 5.72. The van der Waals surface area contributed by atoms with E-state index in [1.165, 1.54) is 36.9 Å². The maximum Gasteiger partial charge on any atom is 0.138 e. The van der Waals surface area contributed by atoms with Gasteiger partial charge < -0.3 is 10.2 Å². The Balaban J connectivity index is 1.94. The molecule has 1 aromatic heterocycles. The first-order valence-corrected chi connectivity index (χ1v) is 6.29. The Morgan fingerprint density at radius 1 is 1.18 bits per heavy atom. The van der Waals surface area contributed by atoms with Gasteiger partial charge in [0, 0.05) is 29.6 Å². The van der Waals surface area contributed by atoms with Crippen LogP contribution in [0.15, 0.2) is 28.9 Å². The summed E-state index contributed by atoms with van der Waals surface area (Å²) < 4.78 is 5.67. The van der Waals surface area contributed by atoms with Crippen molar-refractivity contribution in [3.05, 3.63) is 35.6 Å². The summed E-state index contributed by atoms with van der Waals surface area (Å²) in [6.45, 7) is 3.96. The zero-order valence-corrected chi connectivity index (χ0v) is 9.98. The summed E-state index contributed by atoms with van der Waals surface area (Å²) in [5.74, 6) is 0. The van der Waals surface area contributed by atoms with Gasteiger partial charge in [0.05, 0.1) is 6.26 Å². The molecule has 17 heavy (non-hydrogen) atoms. The van der Waals surface area contributed by atoms with Crippen molar-refractivity contribution in [2.45, 2.75) is 25.9 Å². The summed E-state index contributed by atoms with van der Waals surface area (Å²) >= 11 is 0. The highest BCUT2D eigenvalue weighted by Crippen LogP contribution is 2.26. The van der Waals surface area contributed by atoms with Crippen LogP contribution in [0.4, 0.5) is 0 Å². The molecule has 3 heteroatoms. The number of nitrogens with zero attached hydrogens (tertiary/aromatic N) is 1. The van der Waals surface area contributed by atoms with Crippen LogP contribution in [-0.2, 0) is 13.1 Å². The van der Waals surface area contributed by atoms with Gasteiger partial charge in [-0.2, -0.15) is 0 Å². The molecule has 3 nitrogen and oxygen atoms in total. The van der Waals surface area contributed by atoms with Gasteiger partial charge >= 0.3 is 0 Å². The summed E-state index contributed by atoms with van der Waals surface area (Å²) in [5.41, 5.74) is 9.06. The molecule has 1 aromatic carbocycles. The van der Waals surface area contributed by atoms with Crippen LogP contribution in [-0.4, -0.2) is 18.0 Å². The molecule has 0 aliphatic carbocycles.